The Morgan fingerprint density at radius 3 is 2.18 bits per heavy atom. The molecule has 4 rings (SSSR count). The zero-order valence-electron chi connectivity index (χ0n) is 18.4. The number of methoxy groups -OCH3 is 1. The first-order valence-electron chi connectivity index (χ1n) is 10.1. The lowest BCUT2D eigenvalue weighted by atomic mass is 10.1. The molecule has 0 aliphatic rings. The van der Waals surface area contributed by atoms with Gasteiger partial charge in [0.2, 0.25) is 0 Å². The smallest absolute Gasteiger partial charge is 0.181 e. The van der Waals surface area contributed by atoms with Gasteiger partial charge >= 0.3 is 0 Å². The highest BCUT2D eigenvalue weighted by Crippen LogP contribution is 2.31. The molecule has 0 spiro atoms. The van der Waals surface area contributed by atoms with Crippen LogP contribution in [0.3, 0.4) is 0 Å². The van der Waals surface area contributed by atoms with Crippen LogP contribution in [-0.4, -0.2) is 37.9 Å². The Kier molecular flexibility index (Phi) is 10.7. The fraction of sp³-hybridized carbons (Fsp3) is 0.360. The van der Waals surface area contributed by atoms with Crippen LogP contribution in [0.4, 0.5) is 0 Å². The SMILES string of the molecule is C.C.CC(C)C(=O)c1ccc[nH]1.COc1ccc(-c2nn(C(C)C)nc2-c2nccs2)cc1. The average Bonchev–Trinajstić information content (AvgIpc) is 3.54. The Morgan fingerprint density at radius 2 is 1.70 bits per heavy atom. The third-order valence-corrected chi connectivity index (χ3v) is 5.26. The number of carbonyl (C=O) groups is 1. The second-order valence-corrected chi connectivity index (χ2v) is 8.37. The number of ether oxygens (including phenoxy) is 1. The molecule has 0 saturated carbocycles. The van der Waals surface area contributed by atoms with Crippen molar-refractivity contribution in [1.82, 2.24) is 25.0 Å². The van der Waals surface area contributed by atoms with Crippen molar-refractivity contribution in [3.05, 3.63) is 59.9 Å². The van der Waals surface area contributed by atoms with Gasteiger partial charge in [-0.3, -0.25) is 4.79 Å². The lowest BCUT2D eigenvalue weighted by molar-refractivity contribution is 0.0935. The van der Waals surface area contributed by atoms with E-state index in [9.17, 15) is 4.79 Å². The number of nitrogens with zero attached hydrogens (tertiary/aromatic N) is 4. The number of hydrogen-bond acceptors (Lipinski definition) is 6. The third-order valence-electron chi connectivity index (χ3n) is 4.48. The van der Waals surface area contributed by atoms with Gasteiger partial charge in [0.25, 0.3) is 0 Å². The zero-order chi connectivity index (χ0) is 22.4. The summed E-state index contributed by atoms with van der Waals surface area (Å²) in [5.41, 5.74) is 3.38. The average molecular weight is 470 g/mol. The van der Waals surface area contributed by atoms with Crippen LogP contribution in [-0.2, 0) is 0 Å². The summed E-state index contributed by atoms with van der Waals surface area (Å²) < 4.78 is 5.20. The molecule has 0 radical (unpaired) electrons. The molecule has 0 unspecified atom stereocenters. The van der Waals surface area contributed by atoms with E-state index in [1.54, 1.807) is 41.7 Å². The largest absolute Gasteiger partial charge is 0.497 e. The number of benzene rings is 1. The molecule has 0 aliphatic carbocycles. The van der Waals surface area contributed by atoms with Crippen molar-refractivity contribution in [3.8, 4) is 27.7 Å². The van der Waals surface area contributed by atoms with Gasteiger partial charge in [-0.2, -0.15) is 9.90 Å². The summed E-state index contributed by atoms with van der Waals surface area (Å²) in [4.78, 5) is 20.1. The van der Waals surface area contributed by atoms with Gasteiger partial charge in [-0.15, -0.1) is 16.4 Å². The molecule has 1 N–H and O–H groups in total. The van der Waals surface area contributed by atoms with Crippen LogP contribution in [0.15, 0.2) is 54.2 Å². The van der Waals surface area contributed by atoms with E-state index in [0.29, 0.717) is 5.69 Å². The van der Waals surface area contributed by atoms with Gasteiger partial charge in [0.15, 0.2) is 5.78 Å². The molecule has 8 heteroatoms. The van der Waals surface area contributed by atoms with Crippen molar-refractivity contribution in [2.75, 3.05) is 7.11 Å². The van der Waals surface area contributed by atoms with Crippen LogP contribution in [0.5, 0.6) is 5.75 Å². The molecule has 3 heterocycles. The molecule has 0 amide bonds. The number of thiazole rings is 1. The maximum absolute atomic E-state index is 11.2. The number of H-pyrrole nitrogens is 1. The first-order valence-corrected chi connectivity index (χ1v) is 11.0. The summed E-state index contributed by atoms with van der Waals surface area (Å²) in [6, 6.07) is 11.7. The molecule has 0 bridgehead atoms. The molecule has 0 fully saturated rings. The number of carbonyl (C=O) groups excluding carboxylic acids is 1. The Morgan fingerprint density at radius 1 is 1.03 bits per heavy atom. The first-order chi connectivity index (χ1) is 14.9. The molecule has 4 aromatic rings. The van der Waals surface area contributed by atoms with Gasteiger partial charge < -0.3 is 9.72 Å². The Labute approximate surface area is 200 Å². The summed E-state index contributed by atoms with van der Waals surface area (Å²) in [5, 5.41) is 12.0. The van der Waals surface area contributed by atoms with Crippen LogP contribution >= 0.6 is 11.3 Å². The maximum Gasteiger partial charge on any atom is 0.181 e. The zero-order valence-corrected chi connectivity index (χ0v) is 19.2. The second kappa shape index (κ2) is 12.7. The monoisotopic (exact) mass is 469 g/mol. The predicted molar refractivity (Wildman–Crippen MR) is 137 cm³/mol. The molecule has 0 aliphatic heterocycles. The van der Waals surface area contributed by atoms with Crippen LogP contribution in [0.1, 0.15) is 59.1 Å². The quantitative estimate of drug-likeness (QED) is 0.314. The van der Waals surface area contributed by atoms with Crippen molar-refractivity contribution in [3.63, 3.8) is 0 Å². The van der Waals surface area contributed by atoms with Crippen molar-refractivity contribution >= 4 is 17.1 Å². The molecule has 7 nitrogen and oxygen atoms in total. The van der Waals surface area contributed by atoms with Crippen molar-refractivity contribution in [1.29, 1.82) is 0 Å². The molecular weight excluding hydrogens is 434 g/mol. The minimum Gasteiger partial charge on any atom is -0.497 e. The van der Waals surface area contributed by atoms with E-state index in [4.69, 9.17) is 4.74 Å². The van der Waals surface area contributed by atoms with Crippen molar-refractivity contribution in [2.45, 2.75) is 48.6 Å². The topological polar surface area (TPSA) is 85.7 Å². The summed E-state index contributed by atoms with van der Waals surface area (Å²) in [6.07, 6.45) is 3.54. The number of aromatic nitrogens is 5. The highest BCUT2D eigenvalue weighted by molar-refractivity contribution is 7.13. The van der Waals surface area contributed by atoms with Crippen LogP contribution in [0, 0.1) is 5.92 Å². The predicted octanol–water partition coefficient (Wildman–Crippen LogP) is 6.78. The Hall–Kier alpha value is -3.26. The summed E-state index contributed by atoms with van der Waals surface area (Å²) in [7, 11) is 1.66. The minimum absolute atomic E-state index is 0. The van der Waals surface area contributed by atoms with Gasteiger partial charge in [0.1, 0.15) is 22.1 Å². The number of Topliss-reactive ketones (excluding diaryl/α,β-unsaturated/α-hetero) is 1. The fourth-order valence-corrected chi connectivity index (χ4v) is 3.40. The summed E-state index contributed by atoms with van der Waals surface area (Å²) in [6.45, 7) is 7.90. The number of rotatable bonds is 6. The minimum atomic E-state index is 0. The van der Waals surface area contributed by atoms with E-state index < -0.39 is 0 Å². The highest BCUT2D eigenvalue weighted by atomic mass is 32.1. The van der Waals surface area contributed by atoms with Crippen molar-refractivity contribution in [2.24, 2.45) is 5.92 Å². The van der Waals surface area contributed by atoms with Crippen LogP contribution in [0.2, 0.25) is 0 Å². The van der Waals surface area contributed by atoms with Gasteiger partial charge in [-0.05, 0) is 50.2 Å². The first kappa shape index (κ1) is 27.8. The van der Waals surface area contributed by atoms with Gasteiger partial charge in [0.05, 0.1) is 18.8 Å². The van der Waals surface area contributed by atoms with Gasteiger partial charge in [-0.25, -0.2) is 4.98 Å². The lowest BCUT2D eigenvalue weighted by Crippen LogP contribution is -2.07. The maximum atomic E-state index is 11.2. The summed E-state index contributed by atoms with van der Waals surface area (Å²) in [5.74, 6) is 1.08. The standard InChI is InChI=1S/C15H16N4OS.C8H11NO.2CH4/c1-10(2)19-17-13(11-4-6-12(20-3)7-5-11)14(18-19)15-16-8-9-21-15;1-6(2)8(10)7-4-3-5-9-7;;/h4-10H,1-3H3;3-6,9H,1-2H3;2*1H4. The number of nitrogens with one attached hydrogen (secondary N) is 1. The van der Waals surface area contributed by atoms with E-state index in [2.05, 4.69) is 34.0 Å². The van der Waals surface area contributed by atoms with E-state index in [-0.39, 0.29) is 32.6 Å². The van der Waals surface area contributed by atoms with Gasteiger partial charge in [-0.1, -0.05) is 28.7 Å². The van der Waals surface area contributed by atoms with E-state index in [1.807, 2.05) is 49.6 Å². The van der Waals surface area contributed by atoms with Gasteiger partial charge in [0, 0.05) is 29.3 Å². The third kappa shape index (κ3) is 6.86. The van der Waals surface area contributed by atoms with Crippen molar-refractivity contribution < 1.29 is 9.53 Å². The normalized spacial score (nSPS) is 10.2. The Bertz CT molecular complexity index is 1080. The number of aromatic amines is 1. The number of ketones is 1. The molecule has 1 aromatic carbocycles. The molecule has 33 heavy (non-hydrogen) atoms. The van der Waals surface area contributed by atoms with E-state index in [0.717, 1.165) is 27.7 Å². The number of hydrogen-bond donors (Lipinski definition) is 1. The molecular formula is C25H35N5O2S. The van der Waals surface area contributed by atoms with Crippen LogP contribution < -0.4 is 4.74 Å². The highest BCUT2D eigenvalue weighted by Gasteiger charge is 2.18. The second-order valence-electron chi connectivity index (χ2n) is 7.48. The van der Waals surface area contributed by atoms with Crippen LogP contribution in [0.25, 0.3) is 22.0 Å². The van der Waals surface area contributed by atoms with E-state index >= 15 is 0 Å². The Balaban J connectivity index is 0.000000388. The molecule has 3 aromatic heterocycles. The molecule has 0 atom stereocenters. The lowest BCUT2D eigenvalue weighted by Gasteiger charge is -2.02. The molecule has 178 valence electrons. The fourth-order valence-electron chi connectivity index (χ4n) is 2.78. The summed E-state index contributed by atoms with van der Waals surface area (Å²) >= 11 is 1.57. The molecule has 0 saturated heterocycles. The van der Waals surface area contributed by atoms with E-state index in [1.165, 1.54) is 0 Å².